The highest BCUT2D eigenvalue weighted by atomic mass is 16.7. The van der Waals surface area contributed by atoms with Crippen molar-refractivity contribution in [1.82, 2.24) is 0 Å². The lowest BCUT2D eigenvalue weighted by Crippen LogP contribution is -2.19. The van der Waals surface area contributed by atoms with E-state index in [0.717, 1.165) is 119 Å². The Balaban J connectivity index is 0.000000261. The number of aryl methyl sites for hydroxylation is 6. The Morgan fingerprint density at radius 2 is 0.587 bits per heavy atom. The van der Waals surface area contributed by atoms with Crippen LogP contribution in [0.5, 0.6) is 0 Å². The van der Waals surface area contributed by atoms with Crippen LogP contribution in [-0.4, -0.2) is 40.4 Å². The Hall–Kier alpha value is -8.44. The minimum Gasteiger partial charge on any atom is -0.476 e. The number of hydrogen-bond donors (Lipinski definition) is 0. The summed E-state index contributed by atoms with van der Waals surface area (Å²) in [6.45, 7) is 26.4. The van der Waals surface area contributed by atoms with Gasteiger partial charge in [-0.05, 0) is 218 Å². The van der Waals surface area contributed by atoms with E-state index in [-0.39, 0.29) is 13.6 Å². The number of benzene rings is 6. The molecule has 0 N–H and O–H groups in total. The van der Waals surface area contributed by atoms with E-state index in [1.165, 1.54) is 123 Å². The van der Waals surface area contributed by atoms with E-state index >= 15 is 0 Å². The van der Waals surface area contributed by atoms with Crippen LogP contribution in [0.15, 0.2) is 173 Å². The predicted octanol–water partition coefficient (Wildman–Crippen LogP) is 18.2. The van der Waals surface area contributed by atoms with Crippen LogP contribution in [0.2, 0.25) is 0 Å². The van der Waals surface area contributed by atoms with Crippen LogP contribution >= 0.6 is 0 Å². The van der Waals surface area contributed by atoms with Crippen LogP contribution in [0.3, 0.4) is 0 Å². The van der Waals surface area contributed by atoms with E-state index in [4.69, 9.17) is 37.9 Å². The monoisotopic (exact) mass is 1230 g/mol. The molecule has 6 aromatic rings. The SMILES string of the molecule is C=COCOCc1ccc(C#Cc2c(CC)cc(C#Cc3ccc(CCC4CCC(COCOC=C)CC4)cc3)cc2CC)cc1.C=COCOCc1ccc(C#Cc2c(CC)cc(C#Cc3ccc(CCC4CCC(COCOC=C)CC4)cc3)cc2CC)cc1. The first-order valence-electron chi connectivity index (χ1n) is 33.2. The molecule has 2 saturated carbocycles. The molecule has 2 fully saturated rings. The predicted molar refractivity (Wildman–Crippen MR) is 374 cm³/mol. The second kappa shape index (κ2) is 41.1. The molecule has 0 atom stereocenters. The number of ether oxygens (including phenoxy) is 8. The summed E-state index contributed by atoms with van der Waals surface area (Å²) in [5, 5.41) is 0. The van der Waals surface area contributed by atoms with Crippen molar-refractivity contribution >= 4 is 0 Å². The molecule has 0 radical (unpaired) electrons. The first kappa shape index (κ1) is 71.0. The highest BCUT2D eigenvalue weighted by Crippen LogP contribution is 2.33. The topological polar surface area (TPSA) is 73.8 Å². The molecule has 0 bridgehead atoms. The third-order valence-corrected chi connectivity index (χ3v) is 17.2. The Kier molecular flexibility index (Phi) is 31.7. The van der Waals surface area contributed by atoms with Gasteiger partial charge in [-0.15, -0.1) is 0 Å². The average molecular weight is 1230 g/mol. The largest absolute Gasteiger partial charge is 0.476 e. The van der Waals surface area contributed by atoms with Crippen LogP contribution < -0.4 is 0 Å². The lowest BCUT2D eigenvalue weighted by molar-refractivity contribution is -0.0323. The van der Waals surface area contributed by atoms with Crippen molar-refractivity contribution < 1.29 is 37.9 Å². The second-order valence-corrected chi connectivity index (χ2v) is 23.6. The van der Waals surface area contributed by atoms with E-state index in [1.54, 1.807) is 0 Å². The molecular weight excluding hydrogens is 1140 g/mol. The van der Waals surface area contributed by atoms with E-state index in [9.17, 15) is 0 Å². The van der Waals surface area contributed by atoms with Crippen LogP contribution in [0.1, 0.15) is 181 Å². The molecule has 0 saturated heterocycles. The smallest absolute Gasteiger partial charge is 0.188 e. The van der Waals surface area contributed by atoms with E-state index in [1.807, 2.05) is 48.5 Å². The lowest BCUT2D eigenvalue weighted by atomic mass is 9.80. The molecule has 8 rings (SSSR count). The van der Waals surface area contributed by atoms with Crippen molar-refractivity contribution in [3.63, 3.8) is 0 Å². The maximum atomic E-state index is 5.59. The number of rotatable bonds is 30. The van der Waals surface area contributed by atoms with Gasteiger partial charge in [-0.2, -0.15) is 0 Å². The van der Waals surface area contributed by atoms with Crippen molar-refractivity contribution in [3.8, 4) is 47.4 Å². The standard InChI is InChI=1S/2C42H48O4/c2*1-5-40-27-39(28-41(6-2)42(40)26-25-36-17-22-38(23-18-36)30-46-32-44-8-4)24-19-34-12-9-33(10-13-34)11-14-35-15-20-37(21-16-35)29-45-31-43-7-3/h2*7-10,12-13,17-18,22-23,27-28,35,37H,3-6,11,14-16,20-21,29-32H2,1-2H3. The van der Waals surface area contributed by atoms with Crippen LogP contribution in [0, 0.1) is 71.0 Å². The highest BCUT2D eigenvalue weighted by molar-refractivity contribution is 5.58. The zero-order valence-corrected chi connectivity index (χ0v) is 55.2. The Morgan fingerprint density at radius 3 is 0.880 bits per heavy atom. The molecule has 480 valence electrons. The average Bonchev–Trinajstić information content (AvgIpc) is 1.39. The van der Waals surface area contributed by atoms with E-state index < -0.39 is 0 Å². The van der Waals surface area contributed by atoms with Crippen LogP contribution in [0.25, 0.3) is 0 Å². The molecule has 6 aromatic carbocycles. The molecule has 0 aliphatic heterocycles. The zero-order chi connectivity index (χ0) is 64.8. The van der Waals surface area contributed by atoms with Gasteiger partial charge >= 0.3 is 0 Å². The van der Waals surface area contributed by atoms with E-state index in [0.29, 0.717) is 38.6 Å². The van der Waals surface area contributed by atoms with Crippen molar-refractivity contribution in [2.75, 3.05) is 40.4 Å². The normalized spacial score (nSPS) is 15.5. The summed E-state index contributed by atoms with van der Waals surface area (Å²) in [7, 11) is 0. The molecule has 2 aliphatic carbocycles. The first-order chi connectivity index (χ1) is 45.2. The van der Waals surface area contributed by atoms with Crippen LogP contribution in [0.4, 0.5) is 0 Å². The second-order valence-electron chi connectivity index (χ2n) is 23.6. The summed E-state index contributed by atoms with van der Waals surface area (Å²) in [5.41, 5.74) is 18.3. The molecule has 8 nitrogen and oxygen atoms in total. The summed E-state index contributed by atoms with van der Waals surface area (Å²) in [6, 6.07) is 42.7. The van der Waals surface area contributed by atoms with Gasteiger partial charge in [0.05, 0.1) is 51.5 Å². The van der Waals surface area contributed by atoms with Crippen molar-refractivity contribution in [3.05, 3.63) is 262 Å². The van der Waals surface area contributed by atoms with Gasteiger partial charge in [0, 0.05) is 44.5 Å². The van der Waals surface area contributed by atoms with Gasteiger partial charge in [-0.3, -0.25) is 0 Å². The molecule has 0 aromatic heterocycles. The maximum Gasteiger partial charge on any atom is 0.188 e. The van der Waals surface area contributed by atoms with Gasteiger partial charge in [0.25, 0.3) is 0 Å². The van der Waals surface area contributed by atoms with Crippen molar-refractivity contribution in [2.24, 2.45) is 23.7 Å². The summed E-state index contributed by atoms with van der Waals surface area (Å²) in [6.07, 6.45) is 24.1. The Morgan fingerprint density at radius 1 is 0.326 bits per heavy atom. The van der Waals surface area contributed by atoms with Crippen molar-refractivity contribution in [2.45, 2.75) is 144 Å². The molecular formula is C84H96O8. The number of hydrogen-bond acceptors (Lipinski definition) is 8. The molecule has 2 aliphatic rings. The molecule has 92 heavy (non-hydrogen) atoms. The van der Waals surface area contributed by atoms with Gasteiger partial charge in [0.2, 0.25) is 0 Å². The fourth-order valence-corrected chi connectivity index (χ4v) is 11.8. The minimum atomic E-state index is 0.199. The van der Waals surface area contributed by atoms with Gasteiger partial charge in [-0.1, -0.05) is 176 Å². The molecule has 0 amide bonds. The quantitative estimate of drug-likeness (QED) is 0.0191. The Bertz CT molecular complexity index is 3190. The third kappa shape index (κ3) is 25.0. The summed E-state index contributed by atoms with van der Waals surface area (Å²) in [5.74, 6) is 30.2. The summed E-state index contributed by atoms with van der Waals surface area (Å²) in [4.78, 5) is 0. The third-order valence-electron chi connectivity index (χ3n) is 17.2. The van der Waals surface area contributed by atoms with Crippen molar-refractivity contribution in [1.29, 1.82) is 0 Å². The molecule has 0 heterocycles. The van der Waals surface area contributed by atoms with Gasteiger partial charge in [0.1, 0.15) is 0 Å². The summed E-state index contributed by atoms with van der Waals surface area (Å²) < 4.78 is 42.2. The fourth-order valence-electron chi connectivity index (χ4n) is 11.8. The highest BCUT2D eigenvalue weighted by Gasteiger charge is 2.23. The molecule has 0 spiro atoms. The maximum absolute atomic E-state index is 5.59. The Labute approximate surface area is 551 Å². The zero-order valence-electron chi connectivity index (χ0n) is 55.2. The van der Waals surface area contributed by atoms with Gasteiger partial charge < -0.3 is 37.9 Å². The molecule has 8 heteroatoms. The van der Waals surface area contributed by atoms with Gasteiger partial charge in [-0.25, -0.2) is 0 Å². The minimum absolute atomic E-state index is 0.199. The summed E-state index contributed by atoms with van der Waals surface area (Å²) >= 11 is 0. The fraction of sp³-hybridized carbons (Fsp3) is 0.381. The van der Waals surface area contributed by atoms with E-state index in [2.05, 4.69) is 174 Å². The van der Waals surface area contributed by atoms with Gasteiger partial charge in [0.15, 0.2) is 27.2 Å². The van der Waals surface area contributed by atoms with Crippen LogP contribution in [-0.2, 0) is 89.6 Å². The molecule has 0 unspecified atom stereocenters. The first-order valence-corrected chi connectivity index (χ1v) is 33.2. The lowest BCUT2D eigenvalue weighted by Gasteiger charge is -2.28.